The molecule has 0 spiro atoms. The van der Waals surface area contributed by atoms with Crippen LogP contribution in [-0.4, -0.2) is 21.3 Å². The quantitative estimate of drug-likeness (QED) is 0.906. The number of alkyl halides is 3. The smallest absolute Gasteiger partial charge is 0.318 e. The molecule has 0 bridgehead atoms. The Kier molecular flexibility index (Phi) is 2.96. The lowest BCUT2D eigenvalue weighted by molar-refractivity contribution is -0.180. The maximum absolute atomic E-state index is 13.0. The third kappa shape index (κ3) is 2.39. The minimum absolute atomic E-state index is 0.135. The molecular formula is C12H18F3N3. The van der Waals surface area contributed by atoms with Crippen molar-refractivity contribution in [1.29, 1.82) is 0 Å². The highest BCUT2D eigenvalue weighted by Gasteiger charge is 2.65. The molecule has 102 valence electrons. The SMILES string of the molecule is CC(C)(C)NCc1cncn1C1(C(F)(F)F)CC1. The highest BCUT2D eigenvalue weighted by Crippen LogP contribution is 2.55. The monoisotopic (exact) mass is 261 g/mol. The average Bonchev–Trinajstić information content (AvgIpc) is 2.88. The van der Waals surface area contributed by atoms with E-state index in [1.807, 2.05) is 20.8 Å². The lowest BCUT2D eigenvalue weighted by Crippen LogP contribution is -2.39. The summed E-state index contributed by atoms with van der Waals surface area (Å²) < 4.78 is 40.4. The highest BCUT2D eigenvalue weighted by molar-refractivity contribution is 5.13. The fourth-order valence-electron chi connectivity index (χ4n) is 1.97. The van der Waals surface area contributed by atoms with Crippen molar-refractivity contribution in [2.24, 2.45) is 0 Å². The zero-order chi connectivity index (χ0) is 13.6. The Morgan fingerprint density at radius 3 is 2.39 bits per heavy atom. The van der Waals surface area contributed by atoms with Gasteiger partial charge in [-0.25, -0.2) is 4.98 Å². The molecule has 0 radical (unpaired) electrons. The van der Waals surface area contributed by atoms with E-state index in [1.165, 1.54) is 17.1 Å². The third-order valence-electron chi connectivity index (χ3n) is 3.23. The number of nitrogens with zero attached hydrogens (tertiary/aromatic N) is 2. The molecule has 0 amide bonds. The predicted octanol–water partition coefficient (Wildman–Crippen LogP) is 2.82. The van der Waals surface area contributed by atoms with Gasteiger partial charge in [0.1, 0.15) is 5.54 Å². The summed E-state index contributed by atoms with van der Waals surface area (Å²) in [6.45, 7) is 6.32. The number of rotatable bonds is 3. The van der Waals surface area contributed by atoms with Crippen LogP contribution in [0.25, 0.3) is 0 Å². The summed E-state index contributed by atoms with van der Waals surface area (Å²) in [5, 5.41) is 3.19. The molecule has 1 aliphatic rings. The molecule has 18 heavy (non-hydrogen) atoms. The third-order valence-corrected chi connectivity index (χ3v) is 3.23. The van der Waals surface area contributed by atoms with Crippen LogP contribution in [0.1, 0.15) is 39.3 Å². The molecule has 1 aromatic rings. The lowest BCUT2D eigenvalue weighted by Gasteiger charge is -2.25. The Morgan fingerprint density at radius 2 is 1.94 bits per heavy atom. The molecule has 1 aromatic heterocycles. The van der Waals surface area contributed by atoms with E-state index in [0.29, 0.717) is 12.2 Å². The van der Waals surface area contributed by atoms with Crippen molar-refractivity contribution in [2.75, 3.05) is 0 Å². The molecule has 0 unspecified atom stereocenters. The second kappa shape index (κ2) is 3.98. The number of nitrogens with one attached hydrogen (secondary N) is 1. The van der Waals surface area contributed by atoms with Crippen LogP contribution in [-0.2, 0) is 12.1 Å². The van der Waals surface area contributed by atoms with E-state index in [0.717, 1.165) is 0 Å². The molecule has 2 rings (SSSR count). The zero-order valence-electron chi connectivity index (χ0n) is 10.8. The van der Waals surface area contributed by atoms with Gasteiger partial charge in [-0.05, 0) is 33.6 Å². The summed E-state index contributed by atoms with van der Waals surface area (Å²) in [6, 6.07) is 0. The van der Waals surface area contributed by atoms with Gasteiger partial charge in [-0.3, -0.25) is 0 Å². The van der Waals surface area contributed by atoms with Crippen molar-refractivity contribution in [1.82, 2.24) is 14.9 Å². The van der Waals surface area contributed by atoms with E-state index in [4.69, 9.17) is 0 Å². The average molecular weight is 261 g/mol. The van der Waals surface area contributed by atoms with Crippen LogP contribution in [0, 0.1) is 0 Å². The molecule has 0 aromatic carbocycles. The Labute approximate surface area is 104 Å². The fraction of sp³-hybridized carbons (Fsp3) is 0.750. The van der Waals surface area contributed by atoms with Crippen LogP contribution in [0.3, 0.4) is 0 Å². The molecule has 1 fully saturated rings. The van der Waals surface area contributed by atoms with Crippen molar-refractivity contribution in [3.05, 3.63) is 18.2 Å². The van der Waals surface area contributed by atoms with Gasteiger partial charge in [-0.15, -0.1) is 0 Å². The van der Waals surface area contributed by atoms with Crippen molar-refractivity contribution in [3.63, 3.8) is 0 Å². The van der Waals surface area contributed by atoms with Gasteiger partial charge in [0.25, 0.3) is 0 Å². The number of hydrogen-bond donors (Lipinski definition) is 1. The summed E-state index contributed by atoms with van der Waals surface area (Å²) in [6.07, 6.45) is -1.11. The maximum Gasteiger partial charge on any atom is 0.411 e. The van der Waals surface area contributed by atoms with E-state index in [-0.39, 0.29) is 18.4 Å². The Balaban J connectivity index is 2.19. The summed E-state index contributed by atoms with van der Waals surface area (Å²) in [7, 11) is 0. The first-order valence-electron chi connectivity index (χ1n) is 5.99. The van der Waals surface area contributed by atoms with E-state index in [1.54, 1.807) is 0 Å². The van der Waals surface area contributed by atoms with Crippen molar-refractivity contribution < 1.29 is 13.2 Å². The zero-order valence-corrected chi connectivity index (χ0v) is 10.8. The second-order valence-electron chi connectivity index (χ2n) is 5.89. The van der Waals surface area contributed by atoms with Crippen LogP contribution in [0.15, 0.2) is 12.5 Å². The van der Waals surface area contributed by atoms with Crippen LogP contribution < -0.4 is 5.32 Å². The largest absolute Gasteiger partial charge is 0.411 e. The van der Waals surface area contributed by atoms with E-state index in [2.05, 4.69) is 10.3 Å². The molecule has 1 saturated carbocycles. The van der Waals surface area contributed by atoms with Gasteiger partial charge in [-0.1, -0.05) is 0 Å². The van der Waals surface area contributed by atoms with Crippen LogP contribution in [0.4, 0.5) is 13.2 Å². The fourth-order valence-corrected chi connectivity index (χ4v) is 1.97. The van der Waals surface area contributed by atoms with E-state index >= 15 is 0 Å². The standard InChI is InChI=1S/C12H18F3N3/c1-10(2,3)17-7-9-6-16-8-18(9)11(4-5-11)12(13,14)15/h6,8,17H,4-5,7H2,1-3H3. The van der Waals surface area contributed by atoms with Gasteiger partial charge in [-0.2, -0.15) is 13.2 Å². The van der Waals surface area contributed by atoms with Gasteiger partial charge in [0, 0.05) is 18.3 Å². The van der Waals surface area contributed by atoms with Crippen LogP contribution in [0.2, 0.25) is 0 Å². The van der Waals surface area contributed by atoms with Crippen molar-refractivity contribution >= 4 is 0 Å². The minimum atomic E-state index is -4.20. The number of hydrogen-bond acceptors (Lipinski definition) is 2. The summed E-state index contributed by atoms with van der Waals surface area (Å²) in [4.78, 5) is 3.87. The number of imidazole rings is 1. The van der Waals surface area contributed by atoms with Gasteiger partial charge in [0.2, 0.25) is 0 Å². The van der Waals surface area contributed by atoms with E-state index in [9.17, 15) is 13.2 Å². The first-order valence-corrected chi connectivity index (χ1v) is 5.99. The Morgan fingerprint density at radius 1 is 1.33 bits per heavy atom. The lowest BCUT2D eigenvalue weighted by atomic mass is 10.1. The molecule has 0 atom stereocenters. The van der Waals surface area contributed by atoms with Gasteiger partial charge < -0.3 is 9.88 Å². The molecule has 1 aliphatic carbocycles. The van der Waals surface area contributed by atoms with Gasteiger partial charge in [0.15, 0.2) is 0 Å². The summed E-state index contributed by atoms with van der Waals surface area (Å²) in [5.41, 5.74) is -1.26. The Bertz CT molecular complexity index is 425. The molecular weight excluding hydrogens is 243 g/mol. The first kappa shape index (κ1) is 13.4. The molecule has 0 aliphatic heterocycles. The first-order chi connectivity index (χ1) is 8.16. The normalized spacial score (nSPS) is 19.0. The van der Waals surface area contributed by atoms with Crippen molar-refractivity contribution in [3.8, 4) is 0 Å². The second-order valence-corrected chi connectivity index (χ2v) is 5.89. The summed E-state index contributed by atoms with van der Waals surface area (Å²) >= 11 is 0. The minimum Gasteiger partial charge on any atom is -0.318 e. The maximum atomic E-state index is 13.0. The molecule has 3 nitrogen and oxygen atoms in total. The molecule has 1 heterocycles. The number of aromatic nitrogens is 2. The van der Waals surface area contributed by atoms with E-state index < -0.39 is 11.7 Å². The van der Waals surface area contributed by atoms with Crippen LogP contribution >= 0.6 is 0 Å². The van der Waals surface area contributed by atoms with Gasteiger partial charge in [0.05, 0.1) is 12.0 Å². The predicted molar refractivity (Wildman–Crippen MR) is 62.1 cm³/mol. The topological polar surface area (TPSA) is 29.9 Å². The van der Waals surface area contributed by atoms with Crippen molar-refractivity contribution in [2.45, 2.75) is 57.4 Å². The summed E-state index contributed by atoms with van der Waals surface area (Å²) in [5.74, 6) is 0. The highest BCUT2D eigenvalue weighted by atomic mass is 19.4. The molecule has 1 N–H and O–H groups in total. The van der Waals surface area contributed by atoms with Crippen LogP contribution in [0.5, 0.6) is 0 Å². The molecule has 6 heteroatoms. The molecule has 0 saturated heterocycles. The number of halogens is 3. The van der Waals surface area contributed by atoms with Gasteiger partial charge >= 0.3 is 6.18 Å². The Hall–Kier alpha value is -1.04.